The van der Waals surface area contributed by atoms with Crippen LogP contribution in [0.4, 0.5) is 0 Å². The van der Waals surface area contributed by atoms with Crippen molar-refractivity contribution in [1.29, 1.82) is 0 Å². The molecule has 0 aliphatic heterocycles. The number of hydrogen-bond donors (Lipinski definition) is 2. The van der Waals surface area contributed by atoms with Crippen molar-refractivity contribution in [3.8, 4) is 0 Å². The van der Waals surface area contributed by atoms with Crippen molar-refractivity contribution >= 4 is 5.91 Å². The molecule has 0 aromatic heterocycles. The highest BCUT2D eigenvalue weighted by molar-refractivity contribution is 5.74. The van der Waals surface area contributed by atoms with Crippen molar-refractivity contribution in [3.63, 3.8) is 0 Å². The van der Waals surface area contributed by atoms with Crippen molar-refractivity contribution in [2.24, 2.45) is 22.8 Å². The maximum absolute atomic E-state index is 10.7. The van der Waals surface area contributed by atoms with E-state index in [0.717, 1.165) is 12.8 Å². The molecule has 0 aromatic rings. The van der Waals surface area contributed by atoms with Gasteiger partial charge in [-0.05, 0) is 37.0 Å². The molecular weight excluding hydrogens is 176 g/mol. The van der Waals surface area contributed by atoms with E-state index in [1.54, 1.807) is 0 Å². The van der Waals surface area contributed by atoms with Crippen LogP contribution in [0, 0.1) is 11.3 Å². The van der Waals surface area contributed by atoms with Crippen LogP contribution in [0.3, 0.4) is 0 Å². The molecule has 4 N–H and O–H groups in total. The summed E-state index contributed by atoms with van der Waals surface area (Å²) in [4.78, 5) is 10.7. The van der Waals surface area contributed by atoms with Gasteiger partial charge in [0.15, 0.2) is 0 Å². The second-order valence-electron chi connectivity index (χ2n) is 5.34. The van der Waals surface area contributed by atoms with E-state index in [1.165, 1.54) is 12.8 Å². The van der Waals surface area contributed by atoms with E-state index in [-0.39, 0.29) is 11.9 Å². The maximum atomic E-state index is 10.7. The smallest absolute Gasteiger partial charge is 0.218 e. The van der Waals surface area contributed by atoms with Crippen LogP contribution in [-0.4, -0.2) is 11.9 Å². The van der Waals surface area contributed by atoms with E-state index in [4.69, 9.17) is 11.5 Å². The van der Waals surface area contributed by atoms with Gasteiger partial charge in [0.25, 0.3) is 0 Å². The van der Waals surface area contributed by atoms with Crippen molar-refractivity contribution < 1.29 is 4.79 Å². The van der Waals surface area contributed by atoms with Gasteiger partial charge in [0.05, 0.1) is 0 Å². The average molecular weight is 198 g/mol. The summed E-state index contributed by atoms with van der Waals surface area (Å²) in [5.74, 6) is 0.220. The zero-order valence-electron chi connectivity index (χ0n) is 9.25. The molecule has 0 spiro atoms. The SMILES string of the molecule is CC1(C)CCC([C@H](N)CC(N)=O)CC1. The van der Waals surface area contributed by atoms with Crippen LogP contribution in [0.1, 0.15) is 46.0 Å². The molecule has 1 saturated carbocycles. The fourth-order valence-corrected chi connectivity index (χ4v) is 2.25. The lowest BCUT2D eigenvalue weighted by Gasteiger charge is -2.36. The first-order chi connectivity index (χ1) is 6.41. The van der Waals surface area contributed by atoms with Gasteiger partial charge < -0.3 is 11.5 Å². The molecule has 0 saturated heterocycles. The van der Waals surface area contributed by atoms with Crippen LogP contribution in [-0.2, 0) is 4.79 Å². The number of rotatable bonds is 3. The quantitative estimate of drug-likeness (QED) is 0.719. The highest BCUT2D eigenvalue weighted by Gasteiger charge is 2.30. The molecule has 1 rings (SSSR count). The average Bonchev–Trinajstić information content (AvgIpc) is 2.02. The van der Waals surface area contributed by atoms with Gasteiger partial charge in [0.2, 0.25) is 5.91 Å². The Morgan fingerprint density at radius 3 is 2.36 bits per heavy atom. The van der Waals surface area contributed by atoms with Crippen LogP contribution in [0.5, 0.6) is 0 Å². The van der Waals surface area contributed by atoms with E-state index in [2.05, 4.69) is 13.8 Å². The Morgan fingerprint density at radius 1 is 1.43 bits per heavy atom. The van der Waals surface area contributed by atoms with Crippen molar-refractivity contribution in [3.05, 3.63) is 0 Å². The minimum Gasteiger partial charge on any atom is -0.370 e. The Labute approximate surface area is 86.2 Å². The fourth-order valence-electron chi connectivity index (χ4n) is 2.25. The Bertz CT molecular complexity index is 203. The third-order valence-electron chi connectivity index (χ3n) is 3.43. The number of carbonyl (C=O) groups is 1. The van der Waals surface area contributed by atoms with Crippen LogP contribution in [0.2, 0.25) is 0 Å². The molecule has 82 valence electrons. The zero-order chi connectivity index (χ0) is 10.8. The lowest BCUT2D eigenvalue weighted by Crippen LogP contribution is -2.37. The lowest BCUT2D eigenvalue weighted by atomic mass is 9.71. The fraction of sp³-hybridized carbons (Fsp3) is 0.909. The van der Waals surface area contributed by atoms with Gasteiger partial charge in [-0.1, -0.05) is 13.8 Å². The maximum Gasteiger partial charge on any atom is 0.218 e. The van der Waals surface area contributed by atoms with E-state index in [0.29, 0.717) is 17.8 Å². The summed E-state index contributed by atoms with van der Waals surface area (Å²) in [5, 5.41) is 0. The second kappa shape index (κ2) is 4.30. The standard InChI is InChI=1S/C11H22N2O/c1-11(2)5-3-8(4-6-11)9(12)7-10(13)14/h8-9H,3-7,12H2,1-2H3,(H2,13,14)/t9-/m1/s1. The number of primary amides is 1. The third-order valence-corrected chi connectivity index (χ3v) is 3.43. The van der Waals surface area contributed by atoms with Gasteiger partial charge in [-0.3, -0.25) is 4.79 Å². The second-order valence-corrected chi connectivity index (χ2v) is 5.34. The molecule has 3 heteroatoms. The predicted octanol–water partition coefficient (Wildman–Crippen LogP) is 1.41. The third kappa shape index (κ3) is 3.29. The number of amides is 1. The Hall–Kier alpha value is -0.570. The van der Waals surface area contributed by atoms with E-state index in [1.807, 2.05) is 0 Å². The summed E-state index contributed by atoms with van der Waals surface area (Å²) in [7, 11) is 0. The van der Waals surface area contributed by atoms with Gasteiger partial charge in [-0.2, -0.15) is 0 Å². The molecule has 0 radical (unpaired) electrons. The summed E-state index contributed by atoms with van der Waals surface area (Å²) in [6.07, 6.45) is 5.04. The summed E-state index contributed by atoms with van der Waals surface area (Å²) in [5.41, 5.74) is 11.5. The molecule has 1 fully saturated rings. The molecule has 1 amide bonds. The molecule has 0 aromatic carbocycles. The highest BCUT2D eigenvalue weighted by Crippen LogP contribution is 2.39. The van der Waals surface area contributed by atoms with E-state index < -0.39 is 0 Å². The summed E-state index contributed by atoms with van der Waals surface area (Å²) in [6, 6.07) is -0.0244. The van der Waals surface area contributed by atoms with E-state index in [9.17, 15) is 4.79 Å². The van der Waals surface area contributed by atoms with Crippen molar-refractivity contribution in [2.75, 3.05) is 0 Å². The van der Waals surface area contributed by atoms with E-state index >= 15 is 0 Å². The highest BCUT2D eigenvalue weighted by atomic mass is 16.1. The number of nitrogens with two attached hydrogens (primary N) is 2. The van der Waals surface area contributed by atoms with Gasteiger partial charge in [0.1, 0.15) is 0 Å². The van der Waals surface area contributed by atoms with Crippen molar-refractivity contribution in [2.45, 2.75) is 52.0 Å². The Kier molecular flexibility index (Phi) is 3.53. The molecule has 1 aliphatic rings. The normalized spacial score (nSPS) is 24.5. The van der Waals surface area contributed by atoms with Gasteiger partial charge >= 0.3 is 0 Å². The minimum absolute atomic E-state index is 0.0244. The Morgan fingerprint density at radius 2 is 1.93 bits per heavy atom. The molecule has 1 aliphatic carbocycles. The lowest BCUT2D eigenvalue weighted by molar-refractivity contribution is -0.118. The molecule has 3 nitrogen and oxygen atoms in total. The van der Waals surface area contributed by atoms with Gasteiger partial charge in [-0.15, -0.1) is 0 Å². The molecule has 1 atom stereocenters. The Balaban J connectivity index is 2.37. The number of carbonyl (C=O) groups excluding carboxylic acids is 1. The predicted molar refractivity (Wildman–Crippen MR) is 57.5 cm³/mol. The van der Waals surface area contributed by atoms with Crippen LogP contribution >= 0.6 is 0 Å². The minimum atomic E-state index is -0.276. The topological polar surface area (TPSA) is 69.1 Å². The van der Waals surface area contributed by atoms with Crippen molar-refractivity contribution in [1.82, 2.24) is 0 Å². The first-order valence-electron chi connectivity index (χ1n) is 5.44. The van der Waals surface area contributed by atoms with Crippen LogP contribution in [0.15, 0.2) is 0 Å². The number of hydrogen-bond acceptors (Lipinski definition) is 2. The van der Waals surface area contributed by atoms with Crippen LogP contribution in [0.25, 0.3) is 0 Å². The van der Waals surface area contributed by atoms with Crippen LogP contribution < -0.4 is 11.5 Å². The van der Waals surface area contributed by atoms with Gasteiger partial charge in [0, 0.05) is 12.5 Å². The molecule has 0 unspecified atom stereocenters. The molecule has 14 heavy (non-hydrogen) atoms. The van der Waals surface area contributed by atoms with Gasteiger partial charge in [-0.25, -0.2) is 0 Å². The zero-order valence-corrected chi connectivity index (χ0v) is 9.25. The summed E-state index contributed by atoms with van der Waals surface area (Å²) >= 11 is 0. The monoisotopic (exact) mass is 198 g/mol. The summed E-state index contributed by atoms with van der Waals surface area (Å²) < 4.78 is 0. The first kappa shape index (κ1) is 11.5. The first-order valence-corrected chi connectivity index (χ1v) is 5.44. The largest absolute Gasteiger partial charge is 0.370 e. The molecule has 0 heterocycles. The molecule has 0 bridgehead atoms. The summed E-state index contributed by atoms with van der Waals surface area (Å²) in [6.45, 7) is 4.59. The molecular formula is C11H22N2O.